The fourth-order valence-electron chi connectivity index (χ4n) is 1.78. The summed E-state index contributed by atoms with van der Waals surface area (Å²) < 4.78 is 0. The highest BCUT2D eigenvalue weighted by atomic mass is 16.3. The first-order chi connectivity index (χ1) is 10.5. The Morgan fingerprint density at radius 3 is 2.73 bits per heavy atom. The van der Waals surface area contributed by atoms with E-state index in [1.165, 1.54) is 18.3 Å². The van der Waals surface area contributed by atoms with Crippen molar-refractivity contribution in [1.29, 1.82) is 0 Å². The second kappa shape index (κ2) is 7.12. The number of aryl methyl sites for hydroxylation is 1. The summed E-state index contributed by atoms with van der Waals surface area (Å²) in [4.78, 5) is 11.6. The van der Waals surface area contributed by atoms with E-state index in [-0.39, 0.29) is 24.0 Å². The van der Waals surface area contributed by atoms with Crippen LogP contribution in [0.4, 0.5) is 5.69 Å². The van der Waals surface area contributed by atoms with Crippen LogP contribution in [0.2, 0.25) is 0 Å². The molecule has 0 radical (unpaired) electrons. The van der Waals surface area contributed by atoms with Crippen molar-refractivity contribution in [3.63, 3.8) is 0 Å². The second-order valence-electron chi connectivity index (χ2n) is 4.76. The quantitative estimate of drug-likeness (QED) is 0.386. The highest BCUT2D eigenvalue weighted by Gasteiger charge is 2.01. The molecule has 2 aromatic rings. The van der Waals surface area contributed by atoms with Crippen molar-refractivity contribution in [3.05, 3.63) is 53.6 Å². The predicted molar refractivity (Wildman–Crippen MR) is 85.2 cm³/mol. The molecule has 0 unspecified atom stereocenters. The average Bonchev–Trinajstić information content (AvgIpc) is 2.49. The van der Waals surface area contributed by atoms with Crippen LogP contribution in [0.15, 0.2) is 47.6 Å². The van der Waals surface area contributed by atoms with Gasteiger partial charge in [-0.3, -0.25) is 4.79 Å². The molecule has 0 aromatic heterocycles. The Morgan fingerprint density at radius 1 is 1.18 bits per heavy atom. The standard InChI is InChI=1S/C16H17N3O3/c1-11-3-2-4-13(7-11)17-10-16(22)19-18-9-12-5-6-14(20)15(21)8-12/h2-9,17,20-21H,10H2,1H3,(H,19,22)/b18-9-. The number of nitrogens with zero attached hydrogens (tertiary/aromatic N) is 1. The molecule has 0 bridgehead atoms. The molecule has 0 spiro atoms. The van der Waals surface area contributed by atoms with Crippen molar-refractivity contribution in [2.75, 3.05) is 11.9 Å². The van der Waals surface area contributed by atoms with E-state index in [1.807, 2.05) is 31.2 Å². The smallest absolute Gasteiger partial charge is 0.259 e. The van der Waals surface area contributed by atoms with Gasteiger partial charge in [-0.05, 0) is 48.4 Å². The van der Waals surface area contributed by atoms with Crippen LogP contribution in [0.3, 0.4) is 0 Å². The minimum absolute atomic E-state index is 0.0988. The molecule has 0 aliphatic carbocycles. The van der Waals surface area contributed by atoms with Gasteiger partial charge in [0, 0.05) is 5.69 Å². The van der Waals surface area contributed by atoms with Crippen molar-refractivity contribution in [2.24, 2.45) is 5.10 Å². The summed E-state index contributed by atoms with van der Waals surface area (Å²) in [5.74, 6) is -0.735. The molecule has 0 saturated heterocycles. The molecule has 2 aromatic carbocycles. The molecule has 6 heteroatoms. The number of benzene rings is 2. The highest BCUT2D eigenvalue weighted by Crippen LogP contribution is 2.23. The molecule has 0 fully saturated rings. The lowest BCUT2D eigenvalue weighted by molar-refractivity contribution is -0.119. The van der Waals surface area contributed by atoms with Crippen LogP contribution >= 0.6 is 0 Å². The van der Waals surface area contributed by atoms with E-state index in [9.17, 15) is 15.0 Å². The zero-order valence-corrected chi connectivity index (χ0v) is 12.1. The van der Waals surface area contributed by atoms with Crippen LogP contribution in [0.5, 0.6) is 11.5 Å². The van der Waals surface area contributed by atoms with Crippen LogP contribution in [-0.2, 0) is 4.79 Å². The van der Waals surface area contributed by atoms with Gasteiger partial charge < -0.3 is 15.5 Å². The van der Waals surface area contributed by atoms with Gasteiger partial charge >= 0.3 is 0 Å². The third kappa shape index (κ3) is 4.52. The maximum absolute atomic E-state index is 11.6. The minimum atomic E-state index is -0.291. The first-order valence-corrected chi connectivity index (χ1v) is 6.69. The van der Waals surface area contributed by atoms with Crippen molar-refractivity contribution in [3.8, 4) is 11.5 Å². The maximum Gasteiger partial charge on any atom is 0.259 e. The first-order valence-electron chi connectivity index (χ1n) is 6.69. The zero-order valence-electron chi connectivity index (χ0n) is 12.1. The normalized spacial score (nSPS) is 10.6. The van der Waals surface area contributed by atoms with E-state index in [1.54, 1.807) is 6.07 Å². The van der Waals surface area contributed by atoms with Gasteiger partial charge in [0.2, 0.25) is 0 Å². The molecule has 0 aliphatic rings. The second-order valence-corrected chi connectivity index (χ2v) is 4.76. The number of carbonyl (C=O) groups is 1. The van der Waals surface area contributed by atoms with E-state index in [4.69, 9.17) is 0 Å². The Hall–Kier alpha value is -3.02. The number of rotatable bonds is 5. The highest BCUT2D eigenvalue weighted by molar-refractivity contribution is 5.84. The number of hydrogen-bond acceptors (Lipinski definition) is 5. The van der Waals surface area contributed by atoms with Crippen LogP contribution in [-0.4, -0.2) is 28.9 Å². The lowest BCUT2D eigenvalue weighted by Gasteiger charge is -2.05. The Labute approximate surface area is 128 Å². The first kappa shape index (κ1) is 15.4. The predicted octanol–water partition coefficient (Wildman–Crippen LogP) is 1.97. The lowest BCUT2D eigenvalue weighted by Crippen LogP contribution is -2.25. The summed E-state index contributed by atoms with van der Waals surface area (Å²) in [6.45, 7) is 2.07. The van der Waals surface area contributed by atoms with Crippen molar-refractivity contribution in [2.45, 2.75) is 6.92 Å². The molecule has 0 heterocycles. The topological polar surface area (TPSA) is 94.0 Å². The summed E-state index contributed by atoms with van der Waals surface area (Å²) in [5.41, 5.74) is 4.90. The van der Waals surface area contributed by atoms with Gasteiger partial charge in [-0.1, -0.05) is 12.1 Å². The largest absolute Gasteiger partial charge is 0.504 e. The van der Waals surface area contributed by atoms with Gasteiger partial charge in [-0.25, -0.2) is 5.43 Å². The number of aromatic hydroxyl groups is 2. The van der Waals surface area contributed by atoms with E-state index >= 15 is 0 Å². The average molecular weight is 299 g/mol. The Bertz CT molecular complexity index is 699. The van der Waals surface area contributed by atoms with Gasteiger partial charge in [-0.2, -0.15) is 5.10 Å². The van der Waals surface area contributed by atoms with E-state index in [2.05, 4.69) is 15.8 Å². The molecule has 114 valence electrons. The Morgan fingerprint density at radius 2 is 2.00 bits per heavy atom. The van der Waals surface area contributed by atoms with Crippen LogP contribution < -0.4 is 10.7 Å². The molecule has 22 heavy (non-hydrogen) atoms. The number of carbonyl (C=O) groups excluding carboxylic acids is 1. The van der Waals surface area contributed by atoms with Gasteiger partial charge in [-0.15, -0.1) is 0 Å². The van der Waals surface area contributed by atoms with Crippen LogP contribution in [0.25, 0.3) is 0 Å². The fourth-order valence-corrected chi connectivity index (χ4v) is 1.78. The van der Waals surface area contributed by atoms with E-state index < -0.39 is 0 Å². The van der Waals surface area contributed by atoms with Crippen molar-refractivity contribution >= 4 is 17.8 Å². The third-order valence-electron chi connectivity index (χ3n) is 2.87. The van der Waals surface area contributed by atoms with Gasteiger partial charge in [0.15, 0.2) is 11.5 Å². The number of amides is 1. The van der Waals surface area contributed by atoms with Gasteiger partial charge in [0.1, 0.15) is 0 Å². The molecule has 0 atom stereocenters. The fraction of sp³-hybridized carbons (Fsp3) is 0.125. The number of hydrogen-bond donors (Lipinski definition) is 4. The number of hydrazone groups is 1. The summed E-state index contributed by atoms with van der Waals surface area (Å²) >= 11 is 0. The van der Waals surface area contributed by atoms with Crippen molar-refractivity contribution in [1.82, 2.24) is 5.43 Å². The van der Waals surface area contributed by atoms with Crippen molar-refractivity contribution < 1.29 is 15.0 Å². The molecular formula is C16H17N3O3. The number of nitrogens with one attached hydrogen (secondary N) is 2. The lowest BCUT2D eigenvalue weighted by atomic mass is 10.2. The summed E-state index contributed by atoms with van der Waals surface area (Å²) in [6, 6.07) is 12.0. The Kier molecular flexibility index (Phi) is 4.98. The molecule has 4 N–H and O–H groups in total. The monoisotopic (exact) mass is 299 g/mol. The molecule has 2 rings (SSSR count). The maximum atomic E-state index is 11.6. The van der Waals surface area contributed by atoms with Crippen LogP contribution in [0, 0.1) is 6.92 Å². The molecule has 1 amide bonds. The van der Waals surface area contributed by atoms with Crippen LogP contribution in [0.1, 0.15) is 11.1 Å². The number of phenolic OH excluding ortho intramolecular Hbond substituents is 2. The number of anilines is 1. The molecule has 6 nitrogen and oxygen atoms in total. The third-order valence-corrected chi connectivity index (χ3v) is 2.87. The molecule has 0 saturated carbocycles. The van der Waals surface area contributed by atoms with E-state index in [0.717, 1.165) is 11.3 Å². The zero-order chi connectivity index (χ0) is 15.9. The minimum Gasteiger partial charge on any atom is -0.504 e. The summed E-state index contributed by atoms with van der Waals surface area (Å²) in [7, 11) is 0. The Balaban J connectivity index is 1.82. The number of phenols is 2. The summed E-state index contributed by atoms with van der Waals surface area (Å²) in [5, 5.41) is 25.3. The van der Waals surface area contributed by atoms with Gasteiger partial charge in [0.25, 0.3) is 5.91 Å². The van der Waals surface area contributed by atoms with E-state index in [0.29, 0.717) is 5.56 Å². The SMILES string of the molecule is Cc1cccc(NCC(=O)N/N=C\c2ccc(O)c(O)c2)c1. The van der Waals surface area contributed by atoms with Gasteiger partial charge in [0.05, 0.1) is 12.8 Å². The summed E-state index contributed by atoms with van der Waals surface area (Å²) in [6.07, 6.45) is 1.38. The molecule has 0 aliphatic heterocycles. The molecular weight excluding hydrogens is 282 g/mol.